The van der Waals surface area contributed by atoms with Crippen molar-refractivity contribution in [2.45, 2.75) is 12.5 Å². The van der Waals surface area contributed by atoms with Crippen molar-refractivity contribution in [3.63, 3.8) is 0 Å². The van der Waals surface area contributed by atoms with E-state index in [2.05, 4.69) is 0 Å². The van der Waals surface area contributed by atoms with Gasteiger partial charge in [0.2, 0.25) is 0 Å². The minimum Gasteiger partial charge on any atom is -0.436 e. The topological polar surface area (TPSA) is 81.9 Å². The van der Waals surface area contributed by atoms with Crippen LogP contribution in [0.1, 0.15) is 5.56 Å². The van der Waals surface area contributed by atoms with Crippen LogP contribution in [-0.4, -0.2) is 37.3 Å². The summed E-state index contributed by atoms with van der Waals surface area (Å²) in [7, 11) is 2.78. The third kappa shape index (κ3) is 4.06. The number of hydrogen-bond donors (Lipinski definition) is 1. The van der Waals surface area contributed by atoms with Gasteiger partial charge in [0.15, 0.2) is 6.10 Å². The Kier molecular flexibility index (Phi) is 5.13. The fourth-order valence-electron chi connectivity index (χ4n) is 1.44. The number of primary amides is 1. The van der Waals surface area contributed by atoms with Gasteiger partial charge in [-0.3, -0.25) is 9.63 Å². The van der Waals surface area contributed by atoms with Gasteiger partial charge < -0.3 is 10.5 Å². The third-order valence-corrected chi connectivity index (χ3v) is 2.38. The molecule has 0 bridgehead atoms. The number of carbonyl (C=O) groups excluding carboxylic acids is 2. The molecule has 2 amide bonds. The van der Waals surface area contributed by atoms with Crippen LogP contribution in [0.15, 0.2) is 30.3 Å². The molecule has 0 saturated carbocycles. The molecule has 1 rings (SSSR count). The number of nitrogens with two attached hydrogens (primary N) is 1. The second kappa shape index (κ2) is 6.61. The van der Waals surface area contributed by atoms with Crippen LogP contribution in [0.3, 0.4) is 0 Å². The molecule has 0 aliphatic heterocycles. The van der Waals surface area contributed by atoms with E-state index in [1.54, 1.807) is 0 Å². The Morgan fingerprint density at radius 3 is 2.44 bits per heavy atom. The summed E-state index contributed by atoms with van der Waals surface area (Å²) in [4.78, 5) is 27.4. The molecule has 1 unspecified atom stereocenters. The number of ether oxygens (including phenoxy) is 1. The molecule has 6 nitrogen and oxygen atoms in total. The van der Waals surface area contributed by atoms with E-state index in [4.69, 9.17) is 15.3 Å². The maximum absolute atomic E-state index is 11.9. The maximum Gasteiger partial charge on any atom is 0.405 e. The van der Waals surface area contributed by atoms with E-state index in [-0.39, 0.29) is 6.42 Å². The van der Waals surface area contributed by atoms with Crippen molar-refractivity contribution >= 4 is 12.0 Å². The highest BCUT2D eigenvalue weighted by atomic mass is 16.7. The van der Waals surface area contributed by atoms with E-state index >= 15 is 0 Å². The summed E-state index contributed by atoms with van der Waals surface area (Å²) >= 11 is 0. The maximum atomic E-state index is 11.9. The lowest BCUT2D eigenvalue weighted by atomic mass is 10.1. The van der Waals surface area contributed by atoms with Gasteiger partial charge in [-0.15, -0.1) is 0 Å². The lowest BCUT2D eigenvalue weighted by molar-refractivity contribution is -0.177. The highest BCUT2D eigenvalue weighted by molar-refractivity contribution is 5.82. The summed E-state index contributed by atoms with van der Waals surface area (Å²) in [6.45, 7) is 0. The van der Waals surface area contributed by atoms with E-state index < -0.39 is 18.1 Å². The van der Waals surface area contributed by atoms with E-state index in [0.29, 0.717) is 0 Å². The number of nitrogens with zero attached hydrogens (tertiary/aromatic N) is 1. The van der Waals surface area contributed by atoms with Crippen LogP contribution < -0.4 is 5.73 Å². The van der Waals surface area contributed by atoms with Crippen molar-refractivity contribution in [1.29, 1.82) is 0 Å². The van der Waals surface area contributed by atoms with E-state index in [0.717, 1.165) is 10.6 Å². The standard InChI is InChI=1S/C12H16N2O4/c1-14(17-2)11(15)10(18-12(13)16)8-9-6-4-3-5-7-9/h3-7,10H,8H2,1-2H3,(H2,13,16). The van der Waals surface area contributed by atoms with Crippen LogP contribution >= 0.6 is 0 Å². The third-order valence-electron chi connectivity index (χ3n) is 2.38. The molecular weight excluding hydrogens is 236 g/mol. The molecule has 0 radical (unpaired) electrons. The van der Waals surface area contributed by atoms with E-state index in [1.807, 2.05) is 30.3 Å². The van der Waals surface area contributed by atoms with Gasteiger partial charge in [0, 0.05) is 13.5 Å². The molecular formula is C12H16N2O4. The fourth-order valence-corrected chi connectivity index (χ4v) is 1.44. The minimum atomic E-state index is -0.992. The second-order valence-electron chi connectivity index (χ2n) is 3.63. The molecule has 18 heavy (non-hydrogen) atoms. The molecule has 0 spiro atoms. The average Bonchev–Trinajstić information content (AvgIpc) is 2.37. The van der Waals surface area contributed by atoms with Gasteiger partial charge in [0.1, 0.15) is 0 Å². The Morgan fingerprint density at radius 1 is 1.33 bits per heavy atom. The summed E-state index contributed by atoms with van der Waals surface area (Å²) in [6, 6.07) is 9.19. The second-order valence-corrected chi connectivity index (χ2v) is 3.63. The Balaban J connectivity index is 2.78. The molecule has 6 heteroatoms. The quantitative estimate of drug-likeness (QED) is 0.782. The molecule has 1 aromatic rings. The zero-order valence-corrected chi connectivity index (χ0v) is 10.3. The van der Waals surface area contributed by atoms with Crippen molar-refractivity contribution in [2.24, 2.45) is 5.73 Å². The molecule has 0 heterocycles. The van der Waals surface area contributed by atoms with Crippen molar-refractivity contribution in [1.82, 2.24) is 5.06 Å². The monoisotopic (exact) mass is 252 g/mol. The van der Waals surface area contributed by atoms with Crippen molar-refractivity contribution in [2.75, 3.05) is 14.2 Å². The minimum absolute atomic E-state index is 0.246. The van der Waals surface area contributed by atoms with Gasteiger partial charge in [-0.05, 0) is 5.56 Å². The number of likely N-dealkylation sites (N-methyl/N-ethyl adjacent to an activating group) is 1. The first-order chi connectivity index (χ1) is 8.54. The molecule has 0 saturated heterocycles. The number of hydrogen-bond acceptors (Lipinski definition) is 4. The van der Waals surface area contributed by atoms with Crippen LogP contribution in [0.5, 0.6) is 0 Å². The molecule has 0 aliphatic carbocycles. The van der Waals surface area contributed by atoms with Crippen LogP contribution in [-0.2, 0) is 20.8 Å². The lowest BCUT2D eigenvalue weighted by Gasteiger charge is -2.21. The lowest BCUT2D eigenvalue weighted by Crippen LogP contribution is -2.40. The van der Waals surface area contributed by atoms with Crippen molar-refractivity contribution in [3.8, 4) is 0 Å². The van der Waals surface area contributed by atoms with Gasteiger partial charge in [0.25, 0.3) is 5.91 Å². The Morgan fingerprint density at radius 2 is 1.94 bits per heavy atom. The van der Waals surface area contributed by atoms with Crippen LogP contribution in [0.25, 0.3) is 0 Å². The van der Waals surface area contributed by atoms with E-state index in [9.17, 15) is 9.59 Å². The molecule has 0 aromatic heterocycles. The summed E-state index contributed by atoms with van der Waals surface area (Å²) in [5.74, 6) is -0.472. The number of carbonyl (C=O) groups is 2. The van der Waals surface area contributed by atoms with E-state index in [1.165, 1.54) is 14.2 Å². The zero-order valence-electron chi connectivity index (χ0n) is 10.3. The largest absolute Gasteiger partial charge is 0.436 e. The number of hydroxylamine groups is 2. The predicted octanol–water partition coefficient (Wildman–Crippen LogP) is 0.713. The first kappa shape index (κ1) is 14.0. The van der Waals surface area contributed by atoms with Crippen molar-refractivity contribution in [3.05, 3.63) is 35.9 Å². The van der Waals surface area contributed by atoms with Crippen LogP contribution in [0.4, 0.5) is 4.79 Å². The van der Waals surface area contributed by atoms with Crippen LogP contribution in [0.2, 0.25) is 0 Å². The summed E-state index contributed by atoms with van der Waals surface area (Å²) < 4.78 is 4.81. The molecule has 2 N–H and O–H groups in total. The Labute approximate surface area is 105 Å². The number of benzene rings is 1. The molecule has 0 aliphatic rings. The van der Waals surface area contributed by atoms with Gasteiger partial charge in [-0.2, -0.15) is 0 Å². The van der Waals surface area contributed by atoms with Gasteiger partial charge >= 0.3 is 6.09 Å². The molecule has 1 atom stereocenters. The SMILES string of the molecule is CON(C)C(=O)C(Cc1ccccc1)OC(N)=O. The van der Waals surface area contributed by atoms with Gasteiger partial charge in [0.05, 0.1) is 7.11 Å². The smallest absolute Gasteiger partial charge is 0.405 e. The predicted molar refractivity (Wildman–Crippen MR) is 64.4 cm³/mol. The normalized spacial score (nSPS) is 11.7. The van der Waals surface area contributed by atoms with Crippen molar-refractivity contribution < 1.29 is 19.2 Å². The molecule has 1 aromatic carbocycles. The summed E-state index contributed by atoms with van der Waals surface area (Å²) in [5.41, 5.74) is 5.82. The zero-order chi connectivity index (χ0) is 13.5. The summed E-state index contributed by atoms with van der Waals surface area (Å²) in [5, 5.41) is 0.997. The van der Waals surface area contributed by atoms with Crippen LogP contribution in [0, 0.1) is 0 Å². The Bertz CT molecular complexity index is 408. The number of amides is 2. The average molecular weight is 252 g/mol. The first-order valence-corrected chi connectivity index (χ1v) is 5.36. The Hall–Kier alpha value is -2.08. The number of rotatable bonds is 5. The molecule has 0 fully saturated rings. The van der Waals surface area contributed by atoms with Gasteiger partial charge in [-0.1, -0.05) is 30.3 Å². The van der Waals surface area contributed by atoms with Gasteiger partial charge in [-0.25, -0.2) is 9.86 Å². The highest BCUT2D eigenvalue weighted by Gasteiger charge is 2.25. The fraction of sp³-hybridized carbons (Fsp3) is 0.333. The highest BCUT2D eigenvalue weighted by Crippen LogP contribution is 2.08. The summed E-state index contributed by atoms with van der Waals surface area (Å²) in [6.07, 6.45) is -1.74. The first-order valence-electron chi connectivity index (χ1n) is 5.36. The molecule has 98 valence electrons.